The minimum absolute atomic E-state index is 0. The van der Waals surface area contributed by atoms with Crippen LogP contribution in [0.2, 0.25) is 0 Å². The molecule has 0 aliphatic heterocycles. The van der Waals surface area contributed by atoms with E-state index in [-0.39, 0.29) is 23.0 Å². The van der Waals surface area contributed by atoms with Crippen molar-refractivity contribution in [3.05, 3.63) is 0 Å². The fourth-order valence-electron chi connectivity index (χ4n) is 0. The molecule has 0 heterocycles. The minimum atomic E-state index is -0.131. The van der Waals surface area contributed by atoms with E-state index in [4.69, 9.17) is 0 Å². The standard InChI is InChI=1S/C2H5NOS.H2Se/c1-2(4)3-5;/h5H,1H3,(H,3,4);1H2. The molecule has 4 heteroatoms. The summed E-state index contributed by atoms with van der Waals surface area (Å²) in [6.45, 7) is 1.40. The van der Waals surface area contributed by atoms with E-state index in [1.807, 2.05) is 0 Å². The average molecular weight is 172 g/mol. The molecule has 0 aliphatic carbocycles. The zero-order chi connectivity index (χ0) is 4.28. The van der Waals surface area contributed by atoms with E-state index in [0.29, 0.717) is 0 Å². The van der Waals surface area contributed by atoms with Crippen LogP contribution in [0.5, 0.6) is 0 Å². The summed E-state index contributed by atoms with van der Waals surface area (Å²) in [5.41, 5.74) is 0. The summed E-state index contributed by atoms with van der Waals surface area (Å²) >= 11 is 3.42. The topological polar surface area (TPSA) is 29.1 Å². The molecule has 2 nitrogen and oxygen atoms in total. The van der Waals surface area contributed by atoms with E-state index >= 15 is 0 Å². The molecule has 0 rings (SSSR count). The molecule has 0 aromatic rings. The van der Waals surface area contributed by atoms with Gasteiger partial charge < -0.3 is 4.72 Å². The van der Waals surface area contributed by atoms with Gasteiger partial charge in [-0.05, 0) is 0 Å². The van der Waals surface area contributed by atoms with Gasteiger partial charge in [0.1, 0.15) is 0 Å². The summed E-state index contributed by atoms with van der Waals surface area (Å²) in [5, 5.41) is 0. The number of nitrogens with one attached hydrogen (secondary N) is 1. The normalized spacial score (nSPS) is 5.67. The zero-order valence-electron chi connectivity index (χ0n) is 3.36. The summed E-state index contributed by atoms with van der Waals surface area (Å²) in [7, 11) is 0. The number of carbonyl (C=O) groups excluding carboxylic acids is 1. The quantitative estimate of drug-likeness (QED) is 0.358. The number of rotatable bonds is 0. The SMILES string of the molecule is CC(=O)NS.[SeH2]. The number of hydrogen-bond acceptors (Lipinski definition) is 2. The molecule has 0 fully saturated rings. The van der Waals surface area contributed by atoms with Crippen LogP contribution in [-0.2, 0) is 4.79 Å². The predicted octanol–water partition coefficient (Wildman–Crippen LogP) is -0.949. The number of amides is 1. The maximum absolute atomic E-state index is 9.62. The van der Waals surface area contributed by atoms with Gasteiger partial charge in [0, 0.05) is 6.92 Å². The molecule has 0 aromatic heterocycles. The van der Waals surface area contributed by atoms with Gasteiger partial charge in [0.2, 0.25) is 5.91 Å². The molecule has 38 valence electrons. The molecule has 0 saturated carbocycles. The van der Waals surface area contributed by atoms with Crippen molar-refractivity contribution in [3.63, 3.8) is 0 Å². The maximum atomic E-state index is 9.62. The Labute approximate surface area is 52.7 Å². The first kappa shape index (κ1) is 9.60. The van der Waals surface area contributed by atoms with Gasteiger partial charge in [0.15, 0.2) is 0 Å². The average Bonchev–Trinajstić information content (AvgIpc) is 1.38. The van der Waals surface area contributed by atoms with Crippen LogP contribution in [0.15, 0.2) is 0 Å². The van der Waals surface area contributed by atoms with Gasteiger partial charge >= 0.3 is 17.1 Å². The van der Waals surface area contributed by atoms with Crippen LogP contribution < -0.4 is 4.72 Å². The van der Waals surface area contributed by atoms with Crippen LogP contribution in [0.4, 0.5) is 0 Å². The Kier molecular flexibility index (Phi) is 8.54. The van der Waals surface area contributed by atoms with Gasteiger partial charge in [-0.15, -0.1) is 0 Å². The van der Waals surface area contributed by atoms with E-state index in [0.717, 1.165) is 0 Å². The summed E-state index contributed by atoms with van der Waals surface area (Å²) in [6.07, 6.45) is 0. The second kappa shape index (κ2) is 5.34. The zero-order valence-corrected chi connectivity index (χ0v) is 6.35. The van der Waals surface area contributed by atoms with E-state index in [2.05, 4.69) is 17.5 Å². The van der Waals surface area contributed by atoms with Crippen molar-refractivity contribution in [2.75, 3.05) is 0 Å². The summed E-state index contributed by atoms with van der Waals surface area (Å²) in [5.74, 6) is -0.131. The van der Waals surface area contributed by atoms with Crippen LogP contribution in [-0.4, -0.2) is 23.0 Å². The van der Waals surface area contributed by atoms with Gasteiger partial charge in [-0.3, -0.25) is 4.79 Å². The van der Waals surface area contributed by atoms with Gasteiger partial charge in [-0.2, -0.15) is 0 Å². The fourth-order valence-corrected chi connectivity index (χ4v) is 0. The summed E-state index contributed by atoms with van der Waals surface area (Å²) < 4.78 is 2.08. The van der Waals surface area contributed by atoms with Crippen molar-refractivity contribution in [2.45, 2.75) is 6.92 Å². The monoisotopic (exact) mass is 173 g/mol. The van der Waals surface area contributed by atoms with E-state index < -0.39 is 0 Å². The molecule has 6 heavy (non-hydrogen) atoms. The van der Waals surface area contributed by atoms with Crippen LogP contribution in [0, 0.1) is 0 Å². The van der Waals surface area contributed by atoms with Gasteiger partial charge in [-0.1, -0.05) is 12.8 Å². The Morgan fingerprint density at radius 2 is 2.00 bits per heavy atom. The van der Waals surface area contributed by atoms with Gasteiger partial charge in [-0.25, -0.2) is 0 Å². The van der Waals surface area contributed by atoms with Crippen LogP contribution in [0.25, 0.3) is 0 Å². The molecule has 1 amide bonds. The third-order valence-corrected chi connectivity index (χ3v) is 0.472. The predicted molar refractivity (Wildman–Crippen MR) is 31.3 cm³/mol. The summed E-state index contributed by atoms with van der Waals surface area (Å²) in [4.78, 5) is 9.62. The van der Waals surface area contributed by atoms with Crippen molar-refractivity contribution in [3.8, 4) is 0 Å². The Bertz CT molecular complexity index is 48.8. The van der Waals surface area contributed by atoms with Crippen LogP contribution in [0.1, 0.15) is 6.92 Å². The molecular formula is C2H7NOSSe. The number of hydrogen-bond donors (Lipinski definition) is 2. The molecule has 0 radical (unpaired) electrons. The molecule has 1 N–H and O–H groups in total. The molecule has 0 aliphatic rings. The molecule has 0 spiro atoms. The first-order chi connectivity index (χ1) is 2.27. The van der Waals surface area contributed by atoms with Crippen molar-refractivity contribution in [1.82, 2.24) is 4.72 Å². The van der Waals surface area contributed by atoms with Crippen LogP contribution in [0.3, 0.4) is 0 Å². The molecule has 0 aromatic carbocycles. The van der Waals surface area contributed by atoms with E-state index in [1.54, 1.807) is 0 Å². The molecule has 0 saturated heterocycles. The van der Waals surface area contributed by atoms with Crippen LogP contribution >= 0.6 is 12.8 Å². The number of carbonyl (C=O) groups is 1. The molecular weight excluding hydrogens is 165 g/mol. The Balaban J connectivity index is 0. The number of thiol groups is 1. The molecule has 0 atom stereocenters. The van der Waals surface area contributed by atoms with Crippen molar-refractivity contribution in [1.29, 1.82) is 0 Å². The van der Waals surface area contributed by atoms with Crippen molar-refractivity contribution < 1.29 is 4.79 Å². The van der Waals surface area contributed by atoms with Gasteiger partial charge in [0.05, 0.1) is 0 Å². The molecule has 0 unspecified atom stereocenters. The third kappa shape index (κ3) is 8.84. The third-order valence-electron chi connectivity index (χ3n) is 0.157. The first-order valence-electron chi connectivity index (χ1n) is 1.18. The Morgan fingerprint density at radius 3 is 2.00 bits per heavy atom. The Hall–Kier alpha value is 0.339. The summed E-state index contributed by atoms with van der Waals surface area (Å²) in [6, 6.07) is 0. The molecule has 0 bridgehead atoms. The Morgan fingerprint density at radius 1 is 1.83 bits per heavy atom. The fraction of sp³-hybridized carbons (Fsp3) is 0.500. The second-order valence-corrected chi connectivity index (χ2v) is 0.892. The van der Waals surface area contributed by atoms with E-state index in [1.165, 1.54) is 6.92 Å². The first-order valence-corrected chi connectivity index (χ1v) is 1.62. The van der Waals surface area contributed by atoms with E-state index in [9.17, 15) is 4.79 Å². The second-order valence-electron chi connectivity index (χ2n) is 0.668. The van der Waals surface area contributed by atoms with Gasteiger partial charge in [0.25, 0.3) is 0 Å². The van der Waals surface area contributed by atoms with Crippen molar-refractivity contribution >= 4 is 35.8 Å². The van der Waals surface area contributed by atoms with Crippen molar-refractivity contribution in [2.24, 2.45) is 0 Å².